The first-order chi connectivity index (χ1) is 15.4. The van der Waals surface area contributed by atoms with Gasteiger partial charge in [0.1, 0.15) is 11.8 Å². The molecule has 0 unspecified atom stereocenters. The lowest BCUT2D eigenvalue weighted by molar-refractivity contribution is -0.135. The molecule has 1 aliphatic rings. The minimum atomic E-state index is -0.822. The molecule has 0 bridgehead atoms. The molecule has 1 aliphatic carbocycles. The minimum absolute atomic E-state index is 0.00290. The van der Waals surface area contributed by atoms with Crippen LogP contribution in [-0.4, -0.2) is 40.9 Å². The van der Waals surface area contributed by atoms with Gasteiger partial charge in [-0.15, -0.1) is 0 Å². The number of rotatable bonds is 6. The molecule has 1 aromatic heterocycles. The van der Waals surface area contributed by atoms with Crippen molar-refractivity contribution in [1.29, 1.82) is 5.26 Å². The van der Waals surface area contributed by atoms with Gasteiger partial charge in [0.05, 0.1) is 18.2 Å². The Morgan fingerprint density at radius 3 is 2.78 bits per heavy atom. The highest BCUT2D eigenvalue weighted by Gasteiger charge is 2.20. The Morgan fingerprint density at radius 1 is 1.31 bits per heavy atom. The topological polar surface area (TPSA) is 121 Å². The van der Waals surface area contributed by atoms with Gasteiger partial charge in [0.15, 0.2) is 0 Å². The summed E-state index contributed by atoms with van der Waals surface area (Å²) in [6.07, 6.45) is 3.33. The van der Waals surface area contributed by atoms with E-state index in [0.29, 0.717) is 28.6 Å². The molecule has 3 aromatic rings. The number of carbonyl (C=O) groups is 1. The molecule has 0 fully saturated rings. The van der Waals surface area contributed by atoms with Gasteiger partial charge >= 0.3 is 5.97 Å². The quantitative estimate of drug-likeness (QED) is 0.600. The highest BCUT2D eigenvalue weighted by atomic mass is 16.5. The second kappa shape index (κ2) is 10.6. The van der Waals surface area contributed by atoms with Crippen LogP contribution in [0, 0.1) is 11.3 Å². The SMILES string of the molecule is CC(C)Oc1ccc(-c2nc(-c3cccc4c3CCC4)no2)cc1C#N.CNCC(=O)O. The number of ether oxygens (including phenoxy) is 1. The zero-order valence-electron chi connectivity index (χ0n) is 18.4. The number of nitrogens with one attached hydrogen (secondary N) is 1. The molecule has 0 aliphatic heterocycles. The number of hydrogen-bond acceptors (Lipinski definition) is 7. The van der Waals surface area contributed by atoms with Crippen molar-refractivity contribution in [2.24, 2.45) is 0 Å². The van der Waals surface area contributed by atoms with E-state index in [1.807, 2.05) is 32.0 Å². The van der Waals surface area contributed by atoms with Gasteiger partial charge in [-0.3, -0.25) is 4.79 Å². The van der Waals surface area contributed by atoms with Crippen LogP contribution in [0.25, 0.3) is 22.8 Å². The number of nitrogens with zero attached hydrogens (tertiary/aromatic N) is 3. The van der Waals surface area contributed by atoms with Crippen LogP contribution in [0.2, 0.25) is 0 Å². The van der Waals surface area contributed by atoms with Crippen molar-refractivity contribution < 1.29 is 19.2 Å². The zero-order valence-corrected chi connectivity index (χ0v) is 18.4. The average molecular weight is 434 g/mol. The maximum atomic E-state index is 9.54. The number of aryl methyl sites for hydroxylation is 1. The predicted molar refractivity (Wildman–Crippen MR) is 119 cm³/mol. The number of aromatic nitrogens is 2. The summed E-state index contributed by atoms with van der Waals surface area (Å²) in [6.45, 7) is 3.90. The van der Waals surface area contributed by atoms with Crippen molar-refractivity contribution in [3.63, 3.8) is 0 Å². The van der Waals surface area contributed by atoms with Gasteiger partial charge in [-0.25, -0.2) is 0 Å². The number of likely N-dealkylation sites (N-methyl/N-ethyl adjacent to an activating group) is 1. The fraction of sp³-hybridized carbons (Fsp3) is 0.333. The van der Waals surface area contributed by atoms with Gasteiger partial charge in [-0.1, -0.05) is 23.4 Å². The first kappa shape index (κ1) is 23.0. The number of nitriles is 1. The Morgan fingerprint density at radius 2 is 2.12 bits per heavy atom. The van der Waals surface area contributed by atoms with E-state index in [1.54, 1.807) is 19.2 Å². The molecule has 0 amide bonds. The third kappa shape index (κ3) is 5.50. The van der Waals surface area contributed by atoms with Gasteiger partial charge in [0, 0.05) is 11.1 Å². The van der Waals surface area contributed by atoms with E-state index >= 15 is 0 Å². The van der Waals surface area contributed by atoms with Crippen LogP contribution < -0.4 is 10.1 Å². The van der Waals surface area contributed by atoms with Crippen molar-refractivity contribution in [3.05, 3.63) is 53.1 Å². The number of carboxylic acids is 1. The molecule has 32 heavy (non-hydrogen) atoms. The Kier molecular flexibility index (Phi) is 7.58. The Hall–Kier alpha value is -3.70. The first-order valence-corrected chi connectivity index (χ1v) is 10.4. The average Bonchev–Trinajstić information content (AvgIpc) is 3.43. The number of aliphatic carboxylic acids is 1. The number of benzene rings is 2. The number of carboxylic acid groups (broad SMARTS) is 1. The third-order valence-electron chi connectivity index (χ3n) is 4.85. The standard InChI is InChI=1S/C21H19N3O2.C3H7NO2/c1-13(2)25-19-10-9-15(11-16(19)12-22)21-23-20(24-26-21)18-8-4-6-14-5-3-7-17(14)18;1-4-2-3(5)6/h4,6,8-11,13H,3,5,7H2,1-2H3;4H,2H2,1H3,(H,5,6). The predicted octanol–water partition coefficient (Wildman–Crippen LogP) is 3.84. The molecular formula is C24H26N4O4. The molecule has 8 heteroatoms. The number of fused-ring (bicyclic) bond motifs is 1. The lowest BCUT2D eigenvalue weighted by Gasteiger charge is -2.11. The summed E-state index contributed by atoms with van der Waals surface area (Å²) in [7, 11) is 1.59. The molecule has 8 nitrogen and oxygen atoms in total. The van der Waals surface area contributed by atoms with E-state index in [-0.39, 0.29) is 12.6 Å². The molecule has 0 saturated heterocycles. The van der Waals surface area contributed by atoms with Crippen LogP contribution in [-0.2, 0) is 17.6 Å². The smallest absolute Gasteiger partial charge is 0.317 e. The lowest BCUT2D eigenvalue weighted by atomic mass is 10.0. The third-order valence-corrected chi connectivity index (χ3v) is 4.85. The molecule has 0 saturated carbocycles. The van der Waals surface area contributed by atoms with Crippen molar-refractivity contribution in [1.82, 2.24) is 15.5 Å². The van der Waals surface area contributed by atoms with E-state index in [2.05, 4.69) is 27.6 Å². The van der Waals surface area contributed by atoms with Gasteiger partial charge in [0.2, 0.25) is 5.82 Å². The van der Waals surface area contributed by atoms with Gasteiger partial charge in [-0.2, -0.15) is 10.2 Å². The van der Waals surface area contributed by atoms with E-state index < -0.39 is 5.97 Å². The Balaban J connectivity index is 0.000000427. The zero-order chi connectivity index (χ0) is 23.1. The van der Waals surface area contributed by atoms with Gasteiger partial charge in [-0.05, 0) is 69.5 Å². The maximum absolute atomic E-state index is 9.54. The molecule has 166 valence electrons. The summed E-state index contributed by atoms with van der Waals surface area (Å²) in [6, 6.07) is 13.8. The summed E-state index contributed by atoms with van der Waals surface area (Å²) in [4.78, 5) is 14.1. The second-order valence-corrected chi connectivity index (χ2v) is 7.63. The van der Waals surface area contributed by atoms with Crippen molar-refractivity contribution >= 4 is 5.97 Å². The van der Waals surface area contributed by atoms with E-state index in [4.69, 9.17) is 14.4 Å². The fourth-order valence-corrected chi connectivity index (χ4v) is 3.54. The molecule has 4 rings (SSSR count). The molecule has 0 atom stereocenters. The number of hydrogen-bond donors (Lipinski definition) is 2. The van der Waals surface area contributed by atoms with Crippen LogP contribution in [0.15, 0.2) is 40.9 Å². The van der Waals surface area contributed by atoms with E-state index in [9.17, 15) is 10.1 Å². The van der Waals surface area contributed by atoms with Gasteiger partial charge < -0.3 is 19.7 Å². The molecule has 2 N–H and O–H groups in total. The van der Waals surface area contributed by atoms with Crippen LogP contribution in [0.5, 0.6) is 5.75 Å². The highest BCUT2D eigenvalue weighted by Crippen LogP contribution is 2.32. The summed E-state index contributed by atoms with van der Waals surface area (Å²) in [5.41, 5.74) is 4.89. The van der Waals surface area contributed by atoms with Crippen LogP contribution in [0.3, 0.4) is 0 Å². The molecule has 2 aromatic carbocycles. The van der Waals surface area contributed by atoms with Crippen molar-refractivity contribution in [2.75, 3.05) is 13.6 Å². The lowest BCUT2D eigenvalue weighted by Crippen LogP contribution is -2.16. The molecule has 0 radical (unpaired) electrons. The van der Waals surface area contributed by atoms with Crippen LogP contribution >= 0.6 is 0 Å². The first-order valence-electron chi connectivity index (χ1n) is 10.4. The van der Waals surface area contributed by atoms with Crippen LogP contribution in [0.1, 0.15) is 37.0 Å². The fourth-order valence-electron chi connectivity index (χ4n) is 3.54. The van der Waals surface area contributed by atoms with Crippen molar-refractivity contribution in [2.45, 2.75) is 39.2 Å². The molecule has 1 heterocycles. The maximum Gasteiger partial charge on any atom is 0.317 e. The summed E-state index contributed by atoms with van der Waals surface area (Å²) < 4.78 is 11.1. The summed E-state index contributed by atoms with van der Waals surface area (Å²) in [5, 5.41) is 23.9. The summed E-state index contributed by atoms with van der Waals surface area (Å²) >= 11 is 0. The minimum Gasteiger partial charge on any atom is -0.490 e. The largest absolute Gasteiger partial charge is 0.490 e. The van der Waals surface area contributed by atoms with Gasteiger partial charge in [0.25, 0.3) is 5.89 Å². The second-order valence-electron chi connectivity index (χ2n) is 7.63. The van der Waals surface area contributed by atoms with Crippen molar-refractivity contribution in [3.8, 4) is 34.7 Å². The molecular weight excluding hydrogens is 408 g/mol. The normalized spacial score (nSPS) is 12.0. The monoisotopic (exact) mass is 434 g/mol. The van der Waals surface area contributed by atoms with E-state index in [1.165, 1.54) is 17.5 Å². The van der Waals surface area contributed by atoms with E-state index in [0.717, 1.165) is 18.4 Å². The Bertz CT molecular complexity index is 1130. The molecule has 0 spiro atoms. The Labute approximate surface area is 186 Å². The highest BCUT2D eigenvalue weighted by molar-refractivity contribution is 5.69. The van der Waals surface area contributed by atoms with Crippen LogP contribution in [0.4, 0.5) is 0 Å². The summed E-state index contributed by atoms with van der Waals surface area (Å²) in [5.74, 6) is 0.743.